The van der Waals surface area contributed by atoms with Gasteiger partial charge >= 0.3 is 6.09 Å². The summed E-state index contributed by atoms with van der Waals surface area (Å²) in [5.41, 5.74) is 4.37. The highest BCUT2D eigenvalue weighted by molar-refractivity contribution is 5.99. The number of nitrogens with one attached hydrogen (secondary N) is 2. The standard InChI is InChI=1S/C27H37N3O5/c1-17-11-12-21(15-20(17)4)24(25(33)29-23-18(2)9-8-10-19(23)3)30(13-14-31)22(32)16-28-26(34)35-27(5,6)7/h8-12,15,24,31H,13-14,16H2,1-7H3,(H,28,34)(H,29,33). The van der Waals surface area contributed by atoms with Crippen LogP contribution in [0.2, 0.25) is 0 Å². The quantitative estimate of drug-likeness (QED) is 0.527. The van der Waals surface area contributed by atoms with Crippen molar-refractivity contribution in [3.8, 4) is 0 Å². The summed E-state index contributed by atoms with van der Waals surface area (Å²) in [6.45, 7) is 12.0. The number of hydrogen-bond acceptors (Lipinski definition) is 5. The third-order valence-electron chi connectivity index (χ3n) is 5.58. The molecule has 0 aliphatic heterocycles. The zero-order valence-corrected chi connectivity index (χ0v) is 21.7. The number of amides is 3. The smallest absolute Gasteiger partial charge is 0.408 e. The molecular weight excluding hydrogens is 446 g/mol. The van der Waals surface area contributed by atoms with Crippen molar-refractivity contribution in [3.05, 3.63) is 64.2 Å². The van der Waals surface area contributed by atoms with Gasteiger partial charge in [0.05, 0.1) is 6.61 Å². The Hall–Kier alpha value is -3.39. The van der Waals surface area contributed by atoms with E-state index < -0.39 is 29.6 Å². The lowest BCUT2D eigenvalue weighted by Gasteiger charge is -2.32. The highest BCUT2D eigenvalue weighted by atomic mass is 16.6. The minimum atomic E-state index is -1.02. The molecule has 2 aromatic carbocycles. The van der Waals surface area contributed by atoms with Gasteiger partial charge in [0.2, 0.25) is 5.91 Å². The molecule has 2 aromatic rings. The van der Waals surface area contributed by atoms with Gasteiger partial charge in [-0.05, 0) is 76.3 Å². The molecule has 1 atom stereocenters. The molecule has 8 nitrogen and oxygen atoms in total. The Kier molecular flexibility index (Phi) is 9.42. The van der Waals surface area contributed by atoms with Crippen molar-refractivity contribution in [2.75, 3.05) is 25.0 Å². The van der Waals surface area contributed by atoms with Crippen LogP contribution in [0.15, 0.2) is 36.4 Å². The number of ether oxygens (including phenoxy) is 1. The molecule has 0 fully saturated rings. The number of carbonyl (C=O) groups excluding carboxylic acids is 3. The number of aryl methyl sites for hydroxylation is 4. The molecule has 0 aliphatic carbocycles. The van der Waals surface area contributed by atoms with Crippen LogP contribution in [0.3, 0.4) is 0 Å². The summed E-state index contributed by atoms with van der Waals surface area (Å²) in [6, 6.07) is 10.2. The minimum absolute atomic E-state index is 0.0907. The lowest BCUT2D eigenvalue weighted by atomic mass is 9.98. The first-order valence-corrected chi connectivity index (χ1v) is 11.7. The second-order valence-electron chi connectivity index (χ2n) is 9.67. The number of para-hydroxylation sites is 1. The molecule has 0 saturated carbocycles. The maximum atomic E-state index is 13.7. The summed E-state index contributed by atoms with van der Waals surface area (Å²) < 4.78 is 5.21. The average molecular weight is 484 g/mol. The third kappa shape index (κ3) is 7.82. The number of carbonyl (C=O) groups is 3. The Morgan fingerprint density at radius 1 is 0.971 bits per heavy atom. The summed E-state index contributed by atoms with van der Waals surface area (Å²) >= 11 is 0. The first kappa shape index (κ1) is 27.9. The Bertz CT molecular complexity index is 1050. The molecule has 2 rings (SSSR count). The first-order chi connectivity index (χ1) is 16.3. The highest BCUT2D eigenvalue weighted by Crippen LogP contribution is 2.27. The van der Waals surface area contributed by atoms with Gasteiger partial charge in [-0.1, -0.05) is 36.4 Å². The van der Waals surface area contributed by atoms with Gasteiger partial charge < -0.3 is 25.4 Å². The van der Waals surface area contributed by atoms with Crippen molar-refractivity contribution in [2.24, 2.45) is 0 Å². The molecule has 190 valence electrons. The summed E-state index contributed by atoms with van der Waals surface area (Å²) in [7, 11) is 0. The Balaban J connectivity index is 2.41. The normalized spacial score (nSPS) is 12.0. The third-order valence-corrected chi connectivity index (χ3v) is 5.58. The van der Waals surface area contributed by atoms with Crippen LogP contribution < -0.4 is 10.6 Å². The van der Waals surface area contributed by atoms with Crippen molar-refractivity contribution in [2.45, 2.75) is 60.1 Å². The second-order valence-corrected chi connectivity index (χ2v) is 9.67. The van der Waals surface area contributed by atoms with E-state index in [0.717, 1.165) is 22.3 Å². The lowest BCUT2D eigenvalue weighted by molar-refractivity contribution is -0.138. The maximum absolute atomic E-state index is 13.7. The SMILES string of the molecule is Cc1ccc(C(C(=O)Nc2c(C)cccc2C)N(CCO)C(=O)CNC(=O)OC(C)(C)C)cc1C. The fourth-order valence-electron chi connectivity index (χ4n) is 3.68. The fourth-order valence-corrected chi connectivity index (χ4v) is 3.68. The molecule has 1 unspecified atom stereocenters. The summed E-state index contributed by atoms with van der Waals surface area (Å²) in [6.07, 6.45) is -0.738. The van der Waals surface area contributed by atoms with Crippen molar-refractivity contribution in [1.29, 1.82) is 0 Å². The van der Waals surface area contributed by atoms with Gasteiger partial charge in [-0.3, -0.25) is 9.59 Å². The average Bonchev–Trinajstić information content (AvgIpc) is 2.75. The molecule has 3 amide bonds. The fraction of sp³-hybridized carbons (Fsp3) is 0.444. The van der Waals surface area contributed by atoms with E-state index in [2.05, 4.69) is 10.6 Å². The van der Waals surface area contributed by atoms with Crippen LogP contribution in [0, 0.1) is 27.7 Å². The largest absolute Gasteiger partial charge is 0.444 e. The number of hydrogen-bond donors (Lipinski definition) is 3. The summed E-state index contributed by atoms with van der Waals surface area (Å²) in [5.74, 6) is -0.936. The van der Waals surface area contributed by atoms with E-state index in [4.69, 9.17) is 4.74 Å². The number of benzene rings is 2. The molecule has 3 N–H and O–H groups in total. The Morgan fingerprint density at radius 2 is 1.60 bits per heavy atom. The molecule has 0 heterocycles. The first-order valence-electron chi connectivity index (χ1n) is 11.7. The van der Waals surface area contributed by atoms with E-state index in [1.165, 1.54) is 4.90 Å². The Morgan fingerprint density at radius 3 is 2.14 bits per heavy atom. The van der Waals surface area contributed by atoms with E-state index in [1.807, 2.05) is 58.0 Å². The van der Waals surface area contributed by atoms with E-state index in [-0.39, 0.29) is 19.7 Å². The monoisotopic (exact) mass is 483 g/mol. The van der Waals surface area contributed by atoms with Gasteiger partial charge in [0.1, 0.15) is 18.2 Å². The number of aliphatic hydroxyl groups is 1. The predicted octanol–water partition coefficient (Wildman–Crippen LogP) is 3.95. The highest BCUT2D eigenvalue weighted by Gasteiger charge is 2.32. The predicted molar refractivity (Wildman–Crippen MR) is 136 cm³/mol. The van der Waals surface area contributed by atoms with Crippen LogP contribution in [0.1, 0.15) is 54.6 Å². The molecular formula is C27H37N3O5. The van der Waals surface area contributed by atoms with Gasteiger partial charge in [0.25, 0.3) is 5.91 Å². The molecule has 35 heavy (non-hydrogen) atoms. The van der Waals surface area contributed by atoms with Gasteiger partial charge in [0.15, 0.2) is 0 Å². The second kappa shape index (κ2) is 11.8. The van der Waals surface area contributed by atoms with Crippen LogP contribution in [-0.4, -0.2) is 53.2 Å². The summed E-state index contributed by atoms with van der Waals surface area (Å²) in [5, 5.41) is 15.2. The van der Waals surface area contributed by atoms with E-state index in [0.29, 0.717) is 11.3 Å². The van der Waals surface area contributed by atoms with Crippen molar-refractivity contribution in [1.82, 2.24) is 10.2 Å². The number of aliphatic hydroxyl groups excluding tert-OH is 1. The minimum Gasteiger partial charge on any atom is -0.444 e. The Labute approximate surface area is 207 Å². The molecule has 0 saturated heterocycles. The van der Waals surface area contributed by atoms with Crippen LogP contribution in [0.5, 0.6) is 0 Å². The van der Waals surface area contributed by atoms with Crippen LogP contribution in [0.25, 0.3) is 0 Å². The van der Waals surface area contributed by atoms with Crippen LogP contribution in [0.4, 0.5) is 10.5 Å². The van der Waals surface area contributed by atoms with E-state index in [1.54, 1.807) is 26.8 Å². The van der Waals surface area contributed by atoms with Crippen LogP contribution >= 0.6 is 0 Å². The zero-order chi connectivity index (χ0) is 26.3. The van der Waals surface area contributed by atoms with Crippen molar-refractivity contribution < 1.29 is 24.2 Å². The van der Waals surface area contributed by atoms with Crippen molar-refractivity contribution in [3.63, 3.8) is 0 Å². The van der Waals surface area contributed by atoms with Crippen molar-refractivity contribution >= 4 is 23.6 Å². The molecule has 0 aliphatic rings. The number of anilines is 1. The summed E-state index contributed by atoms with van der Waals surface area (Å²) in [4.78, 5) is 40.3. The van der Waals surface area contributed by atoms with Gasteiger partial charge in [-0.2, -0.15) is 0 Å². The number of nitrogens with zero attached hydrogens (tertiary/aromatic N) is 1. The van der Waals surface area contributed by atoms with Crippen LogP contribution in [-0.2, 0) is 14.3 Å². The van der Waals surface area contributed by atoms with E-state index >= 15 is 0 Å². The molecule has 0 spiro atoms. The topological polar surface area (TPSA) is 108 Å². The number of alkyl carbamates (subject to hydrolysis) is 1. The lowest BCUT2D eigenvalue weighted by Crippen LogP contribution is -2.47. The molecule has 8 heteroatoms. The van der Waals surface area contributed by atoms with Gasteiger partial charge in [-0.15, -0.1) is 0 Å². The maximum Gasteiger partial charge on any atom is 0.408 e. The molecule has 0 radical (unpaired) electrons. The van der Waals surface area contributed by atoms with E-state index in [9.17, 15) is 19.5 Å². The number of rotatable bonds is 8. The molecule has 0 aromatic heterocycles. The van der Waals surface area contributed by atoms with Gasteiger partial charge in [0, 0.05) is 12.2 Å². The van der Waals surface area contributed by atoms with Gasteiger partial charge in [-0.25, -0.2) is 4.79 Å². The molecule has 0 bridgehead atoms. The zero-order valence-electron chi connectivity index (χ0n) is 21.7.